The van der Waals surface area contributed by atoms with Crippen LogP contribution >= 0.6 is 0 Å². The molecular weight excluding hydrogens is 348 g/mol. The van der Waals surface area contributed by atoms with Crippen molar-refractivity contribution in [3.63, 3.8) is 0 Å². The zero-order valence-corrected chi connectivity index (χ0v) is 15.8. The van der Waals surface area contributed by atoms with E-state index in [2.05, 4.69) is 0 Å². The van der Waals surface area contributed by atoms with E-state index in [4.69, 9.17) is 0 Å². The molecule has 0 aliphatic carbocycles. The van der Waals surface area contributed by atoms with E-state index >= 15 is 0 Å². The van der Waals surface area contributed by atoms with Gasteiger partial charge in [-0.15, -0.1) is 0 Å². The van der Waals surface area contributed by atoms with Crippen molar-refractivity contribution in [3.8, 4) is 0 Å². The number of hydrogen-bond donors (Lipinski definition) is 0. The predicted octanol–water partition coefficient (Wildman–Crippen LogP) is 4.77. The maximum Gasteiger partial charge on any atom is 0.227 e. The molecule has 0 N–H and O–H groups in total. The summed E-state index contributed by atoms with van der Waals surface area (Å²) in [6, 6.07) is 7.25. The molecule has 2 aromatic carbocycles. The van der Waals surface area contributed by atoms with Crippen molar-refractivity contribution in [3.05, 3.63) is 64.2 Å². The van der Waals surface area contributed by atoms with E-state index in [-0.39, 0.29) is 17.6 Å². The maximum absolute atomic E-state index is 14.0. The fraction of sp³-hybridized carbons (Fsp3) is 0.364. The Hall–Kier alpha value is -2.56. The van der Waals surface area contributed by atoms with Gasteiger partial charge in [0.15, 0.2) is 5.78 Å². The van der Waals surface area contributed by atoms with Gasteiger partial charge in [-0.2, -0.15) is 0 Å². The first kappa shape index (κ1) is 19.2. The standard InChI is InChI=1S/C22H23F2NO2/c1-13-8-18(15(3)26)9-14(2)22(13)25-12-16(4-7-21(25)27)10-17-5-6-19(23)11-20(17)24/h5-6,8-9,11,16H,4,7,10,12H2,1-3H3/t16-/m1/s1. The van der Waals surface area contributed by atoms with Crippen molar-refractivity contribution < 1.29 is 18.4 Å². The van der Waals surface area contributed by atoms with Crippen molar-refractivity contribution in [2.24, 2.45) is 5.92 Å². The summed E-state index contributed by atoms with van der Waals surface area (Å²) in [6.07, 6.45) is 1.52. The Morgan fingerprint density at radius 1 is 1.15 bits per heavy atom. The van der Waals surface area contributed by atoms with Crippen LogP contribution in [-0.2, 0) is 11.2 Å². The van der Waals surface area contributed by atoms with Crippen LogP contribution in [0.2, 0.25) is 0 Å². The molecule has 0 spiro atoms. The van der Waals surface area contributed by atoms with Gasteiger partial charge in [0.05, 0.1) is 0 Å². The van der Waals surface area contributed by atoms with Gasteiger partial charge in [-0.3, -0.25) is 9.59 Å². The Kier molecular flexibility index (Phi) is 5.40. The first-order chi connectivity index (χ1) is 12.8. The Morgan fingerprint density at radius 3 is 2.41 bits per heavy atom. The third-order valence-electron chi connectivity index (χ3n) is 5.20. The normalized spacial score (nSPS) is 17.3. The molecule has 3 rings (SSSR count). The number of rotatable bonds is 4. The van der Waals surface area contributed by atoms with Crippen LogP contribution in [0.1, 0.15) is 46.8 Å². The topological polar surface area (TPSA) is 37.4 Å². The smallest absolute Gasteiger partial charge is 0.227 e. The minimum absolute atomic E-state index is 0.0117. The molecular formula is C22H23F2NO2. The zero-order valence-electron chi connectivity index (χ0n) is 15.8. The number of carbonyl (C=O) groups excluding carboxylic acids is 2. The molecule has 5 heteroatoms. The summed E-state index contributed by atoms with van der Waals surface area (Å²) in [7, 11) is 0. The SMILES string of the molecule is CC(=O)c1cc(C)c(N2C[C@@H](Cc3ccc(F)cc3F)CCC2=O)c(C)c1. The summed E-state index contributed by atoms with van der Waals surface area (Å²) in [6.45, 7) is 5.79. The molecule has 0 saturated carbocycles. The Bertz CT molecular complexity index is 884. The summed E-state index contributed by atoms with van der Waals surface area (Å²) in [5, 5.41) is 0. The predicted molar refractivity (Wildman–Crippen MR) is 101 cm³/mol. The number of piperidine rings is 1. The molecule has 1 heterocycles. The lowest BCUT2D eigenvalue weighted by molar-refractivity contribution is -0.120. The van der Waals surface area contributed by atoms with Crippen LogP contribution in [0.5, 0.6) is 0 Å². The summed E-state index contributed by atoms with van der Waals surface area (Å²) in [5.41, 5.74) is 3.68. The second-order valence-electron chi connectivity index (χ2n) is 7.36. The van der Waals surface area contributed by atoms with E-state index in [0.717, 1.165) is 22.9 Å². The molecule has 1 atom stereocenters. The van der Waals surface area contributed by atoms with Gasteiger partial charge in [0.1, 0.15) is 11.6 Å². The number of anilines is 1. The highest BCUT2D eigenvalue weighted by Gasteiger charge is 2.29. The molecule has 0 unspecified atom stereocenters. The quantitative estimate of drug-likeness (QED) is 0.726. The highest BCUT2D eigenvalue weighted by Crippen LogP contribution is 2.32. The summed E-state index contributed by atoms with van der Waals surface area (Å²) in [4.78, 5) is 26.0. The van der Waals surface area contributed by atoms with Gasteiger partial charge in [-0.05, 0) is 74.4 Å². The first-order valence-corrected chi connectivity index (χ1v) is 9.12. The van der Waals surface area contributed by atoms with E-state index in [9.17, 15) is 18.4 Å². The molecule has 1 amide bonds. The van der Waals surface area contributed by atoms with Crippen molar-refractivity contribution in [2.75, 3.05) is 11.4 Å². The summed E-state index contributed by atoms with van der Waals surface area (Å²) < 4.78 is 27.1. The molecule has 1 aliphatic rings. The molecule has 0 bridgehead atoms. The average Bonchev–Trinajstić information content (AvgIpc) is 2.59. The Morgan fingerprint density at radius 2 is 1.81 bits per heavy atom. The summed E-state index contributed by atoms with van der Waals surface area (Å²) in [5.74, 6) is -1.02. The highest BCUT2D eigenvalue weighted by atomic mass is 19.1. The molecule has 3 nitrogen and oxygen atoms in total. The number of Topliss-reactive ketones (excluding diaryl/α,β-unsaturated/α-hetero) is 1. The minimum atomic E-state index is -0.589. The largest absolute Gasteiger partial charge is 0.312 e. The van der Waals surface area contributed by atoms with Gasteiger partial charge in [0.25, 0.3) is 0 Å². The minimum Gasteiger partial charge on any atom is -0.312 e. The van der Waals surface area contributed by atoms with Crippen LogP contribution in [0.15, 0.2) is 30.3 Å². The average molecular weight is 371 g/mol. The van der Waals surface area contributed by atoms with E-state index in [1.54, 1.807) is 17.0 Å². The molecule has 1 aliphatic heterocycles. The number of hydrogen-bond acceptors (Lipinski definition) is 2. The monoisotopic (exact) mass is 371 g/mol. The third-order valence-corrected chi connectivity index (χ3v) is 5.20. The van der Waals surface area contributed by atoms with E-state index in [1.807, 2.05) is 13.8 Å². The number of halogens is 2. The molecule has 142 valence electrons. The van der Waals surface area contributed by atoms with E-state index < -0.39 is 11.6 Å². The molecule has 0 radical (unpaired) electrons. The maximum atomic E-state index is 14.0. The van der Waals surface area contributed by atoms with Gasteiger partial charge in [0.2, 0.25) is 5.91 Å². The fourth-order valence-corrected chi connectivity index (χ4v) is 3.88. The van der Waals surface area contributed by atoms with Crippen LogP contribution in [0.3, 0.4) is 0 Å². The van der Waals surface area contributed by atoms with Crippen LogP contribution in [0.4, 0.5) is 14.5 Å². The van der Waals surface area contributed by atoms with Crippen LogP contribution < -0.4 is 4.90 Å². The molecule has 0 aromatic heterocycles. The number of aryl methyl sites for hydroxylation is 2. The van der Waals surface area contributed by atoms with Crippen LogP contribution in [0, 0.1) is 31.4 Å². The van der Waals surface area contributed by atoms with Gasteiger partial charge >= 0.3 is 0 Å². The number of ketones is 1. The second-order valence-corrected chi connectivity index (χ2v) is 7.36. The molecule has 2 aromatic rings. The van der Waals surface area contributed by atoms with Gasteiger partial charge in [-0.1, -0.05) is 6.07 Å². The molecule has 27 heavy (non-hydrogen) atoms. The number of benzene rings is 2. The molecule has 1 saturated heterocycles. The van der Waals surface area contributed by atoms with Crippen molar-refractivity contribution in [1.29, 1.82) is 0 Å². The lowest BCUT2D eigenvalue weighted by Gasteiger charge is -2.35. The lowest BCUT2D eigenvalue weighted by atomic mass is 9.89. The highest BCUT2D eigenvalue weighted by molar-refractivity contribution is 5.98. The first-order valence-electron chi connectivity index (χ1n) is 9.12. The van der Waals surface area contributed by atoms with Crippen molar-refractivity contribution in [2.45, 2.75) is 40.0 Å². The van der Waals surface area contributed by atoms with E-state index in [0.29, 0.717) is 36.9 Å². The fourth-order valence-electron chi connectivity index (χ4n) is 3.88. The number of carbonyl (C=O) groups is 2. The number of amides is 1. The van der Waals surface area contributed by atoms with Gasteiger partial charge in [0, 0.05) is 30.3 Å². The second kappa shape index (κ2) is 7.59. The Labute approximate surface area is 158 Å². The van der Waals surface area contributed by atoms with Crippen LogP contribution in [0.25, 0.3) is 0 Å². The van der Waals surface area contributed by atoms with Crippen molar-refractivity contribution >= 4 is 17.4 Å². The Balaban J connectivity index is 1.86. The van der Waals surface area contributed by atoms with E-state index in [1.165, 1.54) is 19.1 Å². The lowest BCUT2D eigenvalue weighted by Crippen LogP contribution is -2.41. The van der Waals surface area contributed by atoms with Crippen molar-refractivity contribution in [1.82, 2.24) is 0 Å². The van der Waals surface area contributed by atoms with Crippen LogP contribution in [-0.4, -0.2) is 18.2 Å². The van der Waals surface area contributed by atoms with Gasteiger partial charge < -0.3 is 4.90 Å². The number of nitrogens with zero attached hydrogens (tertiary/aromatic N) is 1. The molecule has 1 fully saturated rings. The zero-order chi connectivity index (χ0) is 19.7. The summed E-state index contributed by atoms with van der Waals surface area (Å²) >= 11 is 0. The third kappa shape index (κ3) is 4.07. The van der Waals surface area contributed by atoms with Gasteiger partial charge in [-0.25, -0.2) is 8.78 Å².